The molecule has 0 unspecified atom stereocenters. The summed E-state index contributed by atoms with van der Waals surface area (Å²) < 4.78 is 4.28. The lowest BCUT2D eigenvalue weighted by Gasteiger charge is -2.23. The van der Waals surface area contributed by atoms with Gasteiger partial charge in [-0.1, -0.05) is 36.9 Å². The van der Waals surface area contributed by atoms with Gasteiger partial charge in [-0.3, -0.25) is 18.5 Å². The maximum Gasteiger partial charge on any atom is 0.332 e. The van der Waals surface area contributed by atoms with E-state index in [-0.39, 0.29) is 48.7 Å². The lowest BCUT2D eigenvalue weighted by atomic mass is 9.96. The van der Waals surface area contributed by atoms with Crippen LogP contribution in [-0.2, 0) is 19.6 Å². The summed E-state index contributed by atoms with van der Waals surface area (Å²) in [7, 11) is 0. The average Bonchev–Trinajstić information content (AvgIpc) is 3.12. The molecule has 4 rings (SSSR count). The molecule has 10 heteroatoms. The Kier molecular flexibility index (Phi) is 6.57. The van der Waals surface area contributed by atoms with Crippen LogP contribution in [0.1, 0.15) is 44.6 Å². The van der Waals surface area contributed by atoms with Crippen molar-refractivity contribution in [3.8, 4) is 5.75 Å². The Labute approximate surface area is 189 Å². The van der Waals surface area contributed by atoms with E-state index in [2.05, 4.69) is 10.3 Å². The third-order valence-corrected chi connectivity index (χ3v) is 6.35. The first-order chi connectivity index (χ1) is 15.4. The highest BCUT2D eigenvalue weighted by Crippen LogP contribution is 2.27. The van der Waals surface area contributed by atoms with Crippen LogP contribution >= 0.6 is 11.6 Å². The van der Waals surface area contributed by atoms with Gasteiger partial charge in [0.1, 0.15) is 5.75 Å². The molecular weight excluding hydrogens is 434 g/mol. The molecule has 0 amide bonds. The molecule has 0 radical (unpaired) electrons. The number of imidazole rings is 1. The summed E-state index contributed by atoms with van der Waals surface area (Å²) in [5, 5.41) is 23.0. The maximum absolute atomic E-state index is 13.3. The number of fused-ring (bicyclic) bond motifs is 1. The maximum atomic E-state index is 13.3. The number of aromatic hydroxyl groups is 1. The second-order valence-corrected chi connectivity index (χ2v) is 8.57. The van der Waals surface area contributed by atoms with Crippen molar-refractivity contribution in [1.82, 2.24) is 18.7 Å². The van der Waals surface area contributed by atoms with Gasteiger partial charge in [0.05, 0.1) is 24.7 Å². The van der Waals surface area contributed by atoms with Crippen molar-refractivity contribution in [3.63, 3.8) is 0 Å². The van der Waals surface area contributed by atoms with Crippen molar-refractivity contribution in [2.45, 2.75) is 64.7 Å². The van der Waals surface area contributed by atoms with E-state index in [1.807, 2.05) is 0 Å². The first-order valence-electron chi connectivity index (χ1n) is 11.0. The number of phenols is 1. The van der Waals surface area contributed by atoms with Crippen LogP contribution in [0.2, 0.25) is 5.02 Å². The topological polar surface area (TPSA) is 114 Å². The summed E-state index contributed by atoms with van der Waals surface area (Å²) in [5.41, 5.74) is 0.418. The van der Waals surface area contributed by atoms with Gasteiger partial charge in [-0.25, -0.2) is 4.79 Å². The zero-order chi connectivity index (χ0) is 22.8. The van der Waals surface area contributed by atoms with Crippen LogP contribution in [0.5, 0.6) is 5.75 Å². The molecule has 1 saturated carbocycles. The van der Waals surface area contributed by atoms with Gasteiger partial charge in [0.25, 0.3) is 5.56 Å². The minimum absolute atomic E-state index is 0.0171. The monoisotopic (exact) mass is 461 g/mol. The number of aliphatic hydroxyl groups is 1. The molecule has 1 fully saturated rings. The Morgan fingerprint density at radius 1 is 1.16 bits per heavy atom. The Morgan fingerprint density at radius 3 is 2.56 bits per heavy atom. The Morgan fingerprint density at radius 2 is 1.91 bits per heavy atom. The SMILES string of the molecule is CCn1c(=O)c2c(nc(NC3CCCCC3)n2Cc2ccc(O)c(Cl)c2)n(CCO)c1=O. The van der Waals surface area contributed by atoms with Crippen molar-refractivity contribution in [2.75, 3.05) is 11.9 Å². The minimum Gasteiger partial charge on any atom is -0.506 e. The van der Waals surface area contributed by atoms with E-state index in [0.717, 1.165) is 35.8 Å². The van der Waals surface area contributed by atoms with Crippen molar-refractivity contribution in [2.24, 2.45) is 0 Å². The molecule has 1 aliphatic rings. The summed E-state index contributed by atoms with van der Waals surface area (Å²) in [6, 6.07) is 5.13. The summed E-state index contributed by atoms with van der Waals surface area (Å²) in [4.78, 5) is 30.8. The van der Waals surface area contributed by atoms with Gasteiger partial charge < -0.3 is 15.5 Å². The third-order valence-electron chi connectivity index (χ3n) is 6.05. The molecule has 2 aromatic heterocycles. The number of hydrogen-bond acceptors (Lipinski definition) is 6. The summed E-state index contributed by atoms with van der Waals surface area (Å²) >= 11 is 6.10. The molecule has 3 aromatic rings. The van der Waals surface area contributed by atoms with Crippen LogP contribution in [0.4, 0.5) is 5.95 Å². The Bertz CT molecular complexity index is 1240. The van der Waals surface area contributed by atoms with E-state index in [1.54, 1.807) is 23.6 Å². The number of hydrogen-bond donors (Lipinski definition) is 3. The van der Waals surface area contributed by atoms with Gasteiger partial charge in [0.15, 0.2) is 11.2 Å². The highest BCUT2D eigenvalue weighted by Gasteiger charge is 2.23. The fourth-order valence-electron chi connectivity index (χ4n) is 4.40. The van der Waals surface area contributed by atoms with E-state index >= 15 is 0 Å². The molecule has 2 heterocycles. The number of phenolic OH excluding ortho intramolecular Hbond substituents is 1. The van der Waals surface area contributed by atoms with Crippen LogP contribution in [-0.4, -0.2) is 41.5 Å². The predicted molar refractivity (Wildman–Crippen MR) is 124 cm³/mol. The predicted octanol–water partition coefficient (Wildman–Crippen LogP) is 2.52. The number of nitrogens with one attached hydrogen (secondary N) is 1. The number of anilines is 1. The van der Waals surface area contributed by atoms with Crippen molar-refractivity contribution in [1.29, 1.82) is 0 Å². The molecule has 172 valence electrons. The molecule has 0 atom stereocenters. The van der Waals surface area contributed by atoms with E-state index in [9.17, 15) is 19.8 Å². The number of nitrogens with zero attached hydrogens (tertiary/aromatic N) is 4. The van der Waals surface area contributed by atoms with E-state index < -0.39 is 11.2 Å². The molecular formula is C22H28ClN5O4. The highest BCUT2D eigenvalue weighted by molar-refractivity contribution is 6.32. The molecule has 0 aliphatic heterocycles. The van der Waals surface area contributed by atoms with Crippen molar-refractivity contribution in [3.05, 3.63) is 49.6 Å². The van der Waals surface area contributed by atoms with Crippen LogP contribution in [0.3, 0.4) is 0 Å². The van der Waals surface area contributed by atoms with Crippen molar-refractivity contribution < 1.29 is 10.2 Å². The second kappa shape index (κ2) is 9.38. The van der Waals surface area contributed by atoms with Crippen LogP contribution in [0, 0.1) is 0 Å². The lowest BCUT2D eigenvalue weighted by Crippen LogP contribution is -2.40. The first-order valence-corrected chi connectivity index (χ1v) is 11.4. The largest absolute Gasteiger partial charge is 0.506 e. The Balaban J connectivity index is 1.92. The normalized spacial score (nSPS) is 14.8. The fourth-order valence-corrected chi connectivity index (χ4v) is 4.60. The molecule has 0 bridgehead atoms. The van der Waals surface area contributed by atoms with Gasteiger partial charge in [0.2, 0.25) is 5.95 Å². The van der Waals surface area contributed by atoms with Crippen molar-refractivity contribution >= 4 is 28.7 Å². The molecule has 3 N–H and O–H groups in total. The van der Waals surface area contributed by atoms with Gasteiger partial charge >= 0.3 is 5.69 Å². The molecule has 0 spiro atoms. The van der Waals surface area contributed by atoms with Gasteiger partial charge in [0, 0.05) is 12.6 Å². The van der Waals surface area contributed by atoms with Crippen LogP contribution in [0.25, 0.3) is 11.2 Å². The second-order valence-electron chi connectivity index (χ2n) is 8.17. The minimum atomic E-state index is -0.486. The number of aliphatic hydroxyl groups excluding tert-OH is 1. The van der Waals surface area contributed by atoms with Crippen LogP contribution in [0.15, 0.2) is 27.8 Å². The average molecular weight is 462 g/mol. The van der Waals surface area contributed by atoms with E-state index in [1.165, 1.54) is 17.1 Å². The molecule has 0 saturated heterocycles. The number of halogens is 1. The smallest absolute Gasteiger partial charge is 0.332 e. The quantitative estimate of drug-likeness (QED) is 0.498. The van der Waals surface area contributed by atoms with Gasteiger partial charge in [-0.05, 0) is 37.5 Å². The summed E-state index contributed by atoms with van der Waals surface area (Å²) in [6.07, 6.45) is 5.48. The molecule has 9 nitrogen and oxygen atoms in total. The number of aromatic nitrogens is 4. The highest BCUT2D eigenvalue weighted by atomic mass is 35.5. The third kappa shape index (κ3) is 4.14. The van der Waals surface area contributed by atoms with Gasteiger partial charge in [-0.15, -0.1) is 0 Å². The summed E-state index contributed by atoms with van der Waals surface area (Å²) in [6.45, 7) is 2.02. The molecule has 1 aliphatic carbocycles. The first kappa shape index (κ1) is 22.4. The van der Waals surface area contributed by atoms with Gasteiger partial charge in [-0.2, -0.15) is 4.98 Å². The molecule has 1 aromatic carbocycles. The number of rotatable bonds is 7. The zero-order valence-electron chi connectivity index (χ0n) is 18.1. The van der Waals surface area contributed by atoms with E-state index in [4.69, 9.17) is 11.6 Å². The summed E-state index contributed by atoms with van der Waals surface area (Å²) in [5.74, 6) is 0.490. The van der Waals surface area contributed by atoms with E-state index in [0.29, 0.717) is 11.5 Å². The fraction of sp³-hybridized carbons (Fsp3) is 0.500. The zero-order valence-corrected chi connectivity index (χ0v) is 18.8. The molecule has 32 heavy (non-hydrogen) atoms. The van der Waals surface area contributed by atoms with Crippen LogP contribution < -0.4 is 16.6 Å². The standard InChI is InChI=1S/C22H28ClN5O4/c1-2-26-20(31)18-19(27(10-11-29)22(26)32)25-21(24-15-6-4-3-5-7-15)28(18)13-14-8-9-17(30)16(23)12-14/h8-9,12,15,29-30H,2-7,10-11,13H2,1H3,(H,24,25). The number of benzene rings is 1. The lowest BCUT2D eigenvalue weighted by molar-refractivity contribution is 0.274. The Hall–Kier alpha value is -2.78.